The van der Waals surface area contributed by atoms with Crippen LogP contribution in [0.15, 0.2) is 241 Å². The van der Waals surface area contributed by atoms with Gasteiger partial charge in [-0.3, -0.25) is 0 Å². The SMILES string of the molecule is Brc1ccc2c(c1)-n1c3ccccc3c3ccccc3c3ccccc3c3ccc4c(c31)B2c1cc(-n2c3ccccc3c3ccccc32)cc2c3ccccc3c3ccccc3c3ccccc3n-4c12. The van der Waals surface area contributed by atoms with Gasteiger partial charge in [0.15, 0.2) is 0 Å². The van der Waals surface area contributed by atoms with Crippen LogP contribution in [0.4, 0.5) is 0 Å². The fourth-order valence-electron chi connectivity index (χ4n) is 13.0. The highest BCUT2D eigenvalue weighted by Gasteiger charge is 2.40. The molecule has 0 spiro atoms. The molecule has 0 saturated carbocycles. The molecule has 2 aliphatic rings. The number of aromatic nitrogens is 3. The predicted octanol–water partition coefficient (Wildman–Crippen LogP) is 15.7. The normalized spacial score (nSPS) is 12.5. The van der Waals surface area contributed by atoms with Crippen molar-refractivity contribution in [2.24, 2.45) is 0 Å². The van der Waals surface area contributed by atoms with Crippen LogP contribution < -0.4 is 16.4 Å². The molecule has 0 radical (unpaired) electrons. The molecule has 0 N–H and O–H groups in total. The van der Waals surface area contributed by atoms with Gasteiger partial charge in [0.25, 0.3) is 6.71 Å². The minimum absolute atomic E-state index is 0.151. The molecule has 3 nitrogen and oxygen atoms in total. The predicted molar refractivity (Wildman–Crippen MR) is 307 cm³/mol. The van der Waals surface area contributed by atoms with Gasteiger partial charge in [0.2, 0.25) is 0 Å². The van der Waals surface area contributed by atoms with Crippen LogP contribution >= 0.6 is 15.9 Å². The number of halogens is 1. The lowest BCUT2D eigenvalue weighted by Gasteiger charge is -2.36. The zero-order valence-corrected chi connectivity index (χ0v) is 39.9. The zero-order chi connectivity index (χ0) is 46.5. The molecule has 5 heterocycles. The molecular formula is C66H39BBrN3. The maximum atomic E-state index is 4.03. The van der Waals surface area contributed by atoms with Crippen molar-refractivity contribution in [3.05, 3.63) is 241 Å². The van der Waals surface area contributed by atoms with Crippen LogP contribution in [0.2, 0.25) is 0 Å². The first-order chi connectivity index (χ1) is 35.2. The van der Waals surface area contributed by atoms with E-state index in [2.05, 4.69) is 266 Å². The van der Waals surface area contributed by atoms with Gasteiger partial charge in [-0.15, -0.1) is 0 Å². The Morgan fingerprint density at radius 1 is 0.268 bits per heavy atom. The lowest BCUT2D eigenvalue weighted by molar-refractivity contribution is 1.14. The van der Waals surface area contributed by atoms with E-state index < -0.39 is 0 Å². The first kappa shape index (κ1) is 39.2. The van der Waals surface area contributed by atoms with Gasteiger partial charge in [0.05, 0.1) is 27.6 Å². The second-order valence-electron chi connectivity index (χ2n) is 19.2. The Morgan fingerprint density at radius 2 is 0.648 bits per heavy atom. The highest BCUT2D eigenvalue weighted by atomic mass is 79.9. The van der Waals surface area contributed by atoms with Gasteiger partial charge in [-0.25, -0.2) is 0 Å². The quantitative estimate of drug-likeness (QED) is 0.146. The third kappa shape index (κ3) is 5.33. The average Bonchev–Trinajstić information content (AvgIpc) is 3.80. The summed E-state index contributed by atoms with van der Waals surface area (Å²) in [5, 5.41) is 17.0. The van der Waals surface area contributed by atoms with Gasteiger partial charge in [-0.2, -0.15) is 0 Å². The first-order valence-corrected chi connectivity index (χ1v) is 25.3. The van der Waals surface area contributed by atoms with Gasteiger partial charge in [-0.1, -0.05) is 198 Å². The fraction of sp³-hybridized carbons (Fsp3) is 0. The third-order valence-corrected chi connectivity index (χ3v) is 16.2. The van der Waals surface area contributed by atoms with Gasteiger partial charge < -0.3 is 13.7 Å². The van der Waals surface area contributed by atoms with Crippen LogP contribution in [0, 0.1) is 0 Å². The lowest BCUT2D eigenvalue weighted by atomic mass is 9.34. The van der Waals surface area contributed by atoms with Crippen LogP contribution in [0.25, 0.3) is 126 Å². The van der Waals surface area contributed by atoms with Gasteiger partial charge in [0.1, 0.15) is 0 Å². The molecule has 0 atom stereocenters. The Bertz CT molecular complexity index is 4810. The molecule has 5 heteroatoms. The molecule has 11 aromatic carbocycles. The largest absolute Gasteiger partial charge is 0.310 e. The van der Waals surface area contributed by atoms with E-state index in [0.717, 1.165) is 21.2 Å². The van der Waals surface area contributed by atoms with Crippen molar-refractivity contribution in [1.29, 1.82) is 0 Å². The maximum Gasteiger partial charge on any atom is 0.252 e. The number of rotatable bonds is 1. The molecule has 16 rings (SSSR count). The summed E-state index contributed by atoms with van der Waals surface area (Å²) in [5.41, 5.74) is 14.4. The summed E-state index contributed by atoms with van der Waals surface area (Å²) < 4.78 is 8.80. The van der Waals surface area contributed by atoms with E-state index in [1.165, 1.54) is 125 Å². The number of hydrogen-bond acceptors (Lipinski definition) is 0. The Labute approximate surface area is 416 Å². The standard InChI is InChI=1S/C66H39BBrN3/c68-40-33-35-56-63(37-40)71-61-32-16-10-26-51(61)46-21-5-1-17-42(46)44-19-3-7-23-48(44)54-34-36-62-64(66(54)71)67(56)57-39-41(69-58-29-13-11-27-52(58)53-28-12-14-30-59(53)69)38-55-49-24-8-4-20-45(49)43-18-2-6-22-47(43)50-25-9-15-31-60(50)70(62)65(55)57/h1-39H. The molecule has 0 saturated heterocycles. The van der Waals surface area contributed by atoms with E-state index in [0.29, 0.717) is 0 Å². The Hall–Kier alpha value is -8.64. The summed E-state index contributed by atoms with van der Waals surface area (Å²) in [7, 11) is 0. The van der Waals surface area contributed by atoms with Gasteiger partial charge in [-0.05, 0) is 114 Å². The first-order valence-electron chi connectivity index (χ1n) is 24.5. The third-order valence-electron chi connectivity index (χ3n) is 15.7. The average molecular weight is 965 g/mol. The maximum absolute atomic E-state index is 4.03. The van der Waals surface area contributed by atoms with Crippen LogP contribution in [-0.4, -0.2) is 20.4 Å². The molecule has 3 aromatic heterocycles. The molecule has 0 aliphatic carbocycles. The molecular weight excluding hydrogens is 925 g/mol. The summed E-state index contributed by atoms with van der Waals surface area (Å²) in [5.74, 6) is 0. The summed E-state index contributed by atoms with van der Waals surface area (Å²) in [4.78, 5) is 0. The van der Waals surface area contributed by atoms with Crippen LogP contribution in [0.3, 0.4) is 0 Å². The van der Waals surface area contributed by atoms with E-state index in [-0.39, 0.29) is 6.71 Å². The van der Waals surface area contributed by atoms with Gasteiger partial charge in [0, 0.05) is 59.4 Å². The van der Waals surface area contributed by atoms with E-state index in [4.69, 9.17) is 0 Å². The Balaban J connectivity index is 1.25. The van der Waals surface area contributed by atoms with Crippen molar-refractivity contribution >= 4 is 148 Å². The highest BCUT2D eigenvalue weighted by Crippen LogP contribution is 2.42. The van der Waals surface area contributed by atoms with Crippen molar-refractivity contribution < 1.29 is 0 Å². The fourth-order valence-corrected chi connectivity index (χ4v) is 13.3. The van der Waals surface area contributed by atoms with Crippen LogP contribution in [0.1, 0.15) is 0 Å². The van der Waals surface area contributed by atoms with Crippen LogP contribution in [-0.2, 0) is 0 Å². The topological polar surface area (TPSA) is 14.8 Å². The number of para-hydroxylation sites is 4. The van der Waals surface area contributed by atoms with Crippen LogP contribution in [0.5, 0.6) is 0 Å². The van der Waals surface area contributed by atoms with E-state index in [1.54, 1.807) is 0 Å². The second-order valence-corrected chi connectivity index (χ2v) is 20.1. The number of benzene rings is 11. The summed E-state index contributed by atoms with van der Waals surface area (Å²) >= 11 is 4.03. The van der Waals surface area contributed by atoms with E-state index >= 15 is 0 Å². The lowest BCUT2D eigenvalue weighted by Crippen LogP contribution is -2.59. The summed E-state index contributed by atoms with van der Waals surface area (Å²) in [6.07, 6.45) is 0. The molecule has 2 aliphatic heterocycles. The Morgan fingerprint density at radius 3 is 1.14 bits per heavy atom. The van der Waals surface area contributed by atoms with Crippen molar-refractivity contribution in [2.75, 3.05) is 0 Å². The number of nitrogens with zero attached hydrogens (tertiary/aromatic N) is 3. The minimum Gasteiger partial charge on any atom is -0.310 e. The van der Waals surface area contributed by atoms with E-state index in [1.807, 2.05) is 0 Å². The second kappa shape index (κ2) is 14.7. The highest BCUT2D eigenvalue weighted by molar-refractivity contribution is 9.10. The van der Waals surface area contributed by atoms with Crippen molar-refractivity contribution in [3.8, 4) is 17.1 Å². The molecule has 0 fully saturated rings. The summed E-state index contributed by atoms with van der Waals surface area (Å²) in [6.45, 7) is -0.151. The van der Waals surface area contributed by atoms with Gasteiger partial charge >= 0.3 is 0 Å². The molecule has 71 heavy (non-hydrogen) atoms. The Kier molecular flexibility index (Phi) is 8.12. The molecule has 0 amide bonds. The summed E-state index contributed by atoms with van der Waals surface area (Å²) in [6, 6.07) is 89.0. The number of fused-ring (bicyclic) bond motifs is 22. The minimum atomic E-state index is -0.151. The number of hydrogen-bond donors (Lipinski definition) is 0. The molecule has 328 valence electrons. The zero-order valence-electron chi connectivity index (χ0n) is 38.3. The van der Waals surface area contributed by atoms with Crippen molar-refractivity contribution in [3.63, 3.8) is 0 Å². The van der Waals surface area contributed by atoms with E-state index in [9.17, 15) is 0 Å². The monoisotopic (exact) mass is 963 g/mol. The molecule has 0 bridgehead atoms. The van der Waals surface area contributed by atoms with Crippen molar-refractivity contribution in [2.45, 2.75) is 0 Å². The molecule has 14 aromatic rings. The molecule has 0 unspecified atom stereocenters. The smallest absolute Gasteiger partial charge is 0.252 e. The van der Waals surface area contributed by atoms with Crippen molar-refractivity contribution in [1.82, 2.24) is 13.7 Å².